The highest BCUT2D eigenvalue weighted by atomic mass is 19.1. The minimum absolute atomic E-state index is 0.187. The van der Waals surface area contributed by atoms with Crippen molar-refractivity contribution in [2.45, 2.75) is 25.2 Å². The van der Waals surface area contributed by atoms with E-state index in [4.69, 9.17) is 0 Å². The number of piperidine rings is 1. The summed E-state index contributed by atoms with van der Waals surface area (Å²) in [6, 6.07) is 4.88. The van der Waals surface area contributed by atoms with Gasteiger partial charge < -0.3 is 15.2 Å². The van der Waals surface area contributed by atoms with Crippen LogP contribution in [0.15, 0.2) is 24.4 Å². The lowest BCUT2D eigenvalue weighted by Crippen LogP contribution is -2.39. The van der Waals surface area contributed by atoms with Crippen LogP contribution in [-0.4, -0.2) is 42.0 Å². The Balaban J connectivity index is 1.50. The number of likely N-dealkylation sites (tertiary alicyclic amines) is 1. The number of H-pyrrole nitrogens is 1. The van der Waals surface area contributed by atoms with E-state index >= 15 is 0 Å². The highest BCUT2D eigenvalue weighted by Gasteiger charge is 2.32. The largest absolute Gasteiger partial charge is 0.361 e. The first-order valence-corrected chi connectivity index (χ1v) is 8.48. The third-order valence-electron chi connectivity index (χ3n) is 5.30. The summed E-state index contributed by atoms with van der Waals surface area (Å²) >= 11 is 0. The Hall–Kier alpha value is -1.88. The maximum absolute atomic E-state index is 13.3. The monoisotopic (exact) mass is 315 g/mol. The zero-order valence-electron chi connectivity index (χ0n) is 13.1. The fourth-order valence-corrected chi connectivity index (χ4v) is 4.00. The van der Waals surface area contributed by atoms with Crippen molar-refractivity contribution in [2.24, 2.45) is 5.92 Å². The first-order chi connectivity index (χ1) is 11.2. The molecule has 1 aromatic heterocycles. The number of aromatic amines is 1. The van der Waals surface area contributed by atoms with Crippen LogP contribution in [0.2, 0.25) is 0 Å². The van der Waals surface area contributed by atoms with Gasteiger partial charge in [-0.2, -0.15) is 0 Å². The second-order valence-corrected chi connectivity index (χ2v) is 6.73. The minimum Gasteiger partial charge on any atom is -0.361 e. The number of rotatable bonds is 2. The van der Waals surface area contributed by atoms with Gasteiger partial charge in [-0.05, 0) is 56.1 Å². The summed E-state index contributed by atoms with van der Waals surface area (Å²) in [6.45, 7) is 3.51. The maximum atomic E-state index is 13.3. The molecule has 1 unspecified atom stereocenters. The highest BCUT2D eigenvalue weighted by Crippen LogP contribution is 2.33. The lowest BCUT2D eigenvalue weighted by molar-refractivity contribution is -0.135. The van der Waals surface area contributed by atoms with Crippen molar-refractivity contribution in [3.8, 4) is 0 Å². The molecule has 122 valence electrons. The van der Waals surface area contributed by atoms with Crippen molar-refractivity contribution in [2.75, 3.05) is 26.2 Å². The fraction of sp³-hybridized carbons (Fsp3) is 0.500. The van der Waals surface area contributed by atoms with Crippen LogP contribution in [0.4, 0.5) is 4.39 Å². The van der Waals surface area contributed by atoms with Crippen molar-refractivity contribution >= 4 is 16.8 Å². The fourth-order valence-electron chi connectivity index (χ4n) is 4.00. The molecule has 0 aliphatic carbocycles. The quantitative estimate of drug-likeness (QED) is 0.895. The van der Waals surface area contributed by atoms with E-state index in [0.29, 0.717) is 11.8 Å². The van der Waals surface area contributed by atoms with Crippen LogP contribution in [0.3, 0.4) is 0 Å². The topological polar surface area (TPSA) is 48.1 Å². The average Bonchev–Trinajstić information content (AvgIpc) is 3.21. The lowest BCUT2D eigenvalue weighted by atomic mass is 9.96. The summed E-state index contributed by atoms with van der Waals surface area (Å²) in [5, 5.41) is 4.39. The third kappa shape index (κ3) is 2.74. The van der Waals surface area contributed by atoms with Gasteiger partial charge in [0.15, 0.2) is 0 Å². The smallest absolute Gasteiger partial charge is 0.225 e. The Morgan fingerprint density at radius 2 is 2.04 bits per heavy atom. The van der Waals surface area contributed by atoms with E-state index in [0.717, 1.165) is 56.3 Å². The van der Waals surface area contributed by atoms with Crippen LogP contribution in [0.1, 0.15) is 30.7 Å². The molecule has 2 aliphatic rings. The van der Waals surface area contributed by atoms with Crippen LogP contribution in [0, 0.1) is 11.7 Å². The number of halogens is 1. The predicted molar refractivity (Wildman–Crippen MR) is 87.8 cm³/mol. The van der Waals surface area contributed by atoms with Crippen LogP contribution in [0.5, 0.6) is 0 Å². The molecule has 0 spiro atoms. The average molecular weight is 315 g/mol. The Kier molecular flexibility index (Phi) is 3.81. The number of fused-ring (bicyclic) bond motifs is 1. The van der Waals surface area contributed by atoms with Gasteiger partial charge in [0.1, 0.15) is 5.82 Å². The molecule has 1 atom stereocenters. The lowest BCUT2D eigenvalue weighted by Gasteiger charge is -2.26. The van der Waals surface area contributed by atoms with Gasteiger partial charge in [-0.1, -0.05) is 0 Å². The number of aromatic nitrogens is 1. The van der Waals surface area contributed by atoms with E-state index in [2.05, 4.69) is 10.3 Å². The molecule has 0 bridgehead atoms. The number of hydrogen-bond donors (Lipinski definition) is 2. The molecule has 2 aliphatic heterocycles. The zero-order chi connectivity index (χ0) is 15.8. The van der Waals surface area contributed by atoms with Crippen molar-refractivity contribution < 1.29 is 9.18 Å². The number of carbonyl (C=O) groups is 1. The number of benzene rings is 1. The molecule has 4 nitrogen and oxygen atoms in total. The number of carbonyl (C=O) groups excluding carboxylic acids is 1. The minimum atomic E-state index is -0.222. The maximum Gasteiger partial charge on any atom is 0.225 e. The second-order valence-electron chi connectivity index (χ2n) is 6.73. The van der Waals surface area contributed by atoms with Crippen molar-refractivity contribution in [1.82, 2.24) is 15.2 Å². The molecule has 0 saturated carbocycles. The number of nitrogens with zero attached hydrogens (tertiary/aromatic N) is 1. The standard InChI is InChI=1S/C18H22FN3O/c19-14-1-2-15-16(10-21-17(15)9-14)13-5-8-22(11-13)18(23)12-3-6-20-7-4-12/h1-2,9-10,12-13,20-21H,3-8,11H2. The third-order valence-corrected chi connectivity index (χ3v) is 5.30. The number of amides is 1. The molecule has 23 heavy (non-hydrogen) atoms. The first kappa shape index (κ1) is 14.7. The SMILES string of the molecule is O=C(C1CCNCC1)N1CCC(c2c[nH]c3cc(F)ccc23)C1. The predicted octanol–water partition coefficient (Wildman–Crippen LogP) is 2.62. The summed E-state index contributed by atoms with van der Waals surface area (Å²) in [6.07, 6.45) is 4.87. The highest BCUT2D eigenvalue weighted by molar-refractivity contribution is 5.84. The molecule has 0 radical (unpaired) electrons. The van der Waals surface area contributed by atoms with E-state index < -0.39 is 0 Å². The molecule has 2 saturated heterocycles. The van der Waals surface area contributed by atoms with E-state index in [1.165, 1.54) is 17.7 Å². The van der Waals surface area contributed by atoms with E-state index in [1.807, 2.05) is 17.2 Å². The summed E-state index contributed by atoms with van der Waals surface area (Å²) in [5.74, 6) is 0.631. The molecule has 3 heterocycles. The van der Waals surface area contributed by atoms with Crippen LogP contribution >= 0.6 is 0 Å². The van der Waals surface area contributed by atoms with Gasteiger partial charge in [0.2, 0.25) is 5.91 Å². The van der Waals surface area contributed by atoms with Gasteiger partial charge in [-0.25, -0.2) is 4.39 Å². The van der Waals surface area contributed by atoms with Gasteiger partial charge in [-0.15, -0.1) is 0 Å². The van der Waals surface area contributed by atoms with Gasteiger partial charge in [0.25, 0.3) is 0 Å². The summed E-state index contributed by atoms with van der Waals surface area (Å²) < 4.78 is 13.3. The van der Waals surface area contributed by atoms with Crippen LogP contribution in [-0.2, 0) is 4.79 Å². The molecular weight excluding hydrogens is 293 g/mol. The van der Waals surface area contributed by atoms with Crippen molar-refractivity contribution in [1.29, 1.82) is 0 Å². The number of nitrogens with one attached hydrogen (secondary N) is 2. The normalized spacial score (nSPS) is 22.8. The summed E-state index contributed by atoms with van der Waals surface area (Å²) in [4.78, 5) is 17.9. The van der Waals surface area contributed by atoms with Crippen LogP contribution in [0.25, 0.3) is 10.9 Å². The summed E-state index contributed by atoms with van der Waals surface area (Å²) in [5.41, 5.74) is 2.05. The molecule has 4 rings (SSSR count). The van der Waals surface area contributed by atoms with E-state index in [1.54, 1.807) is 0 Å². The first-order valence-electron chi connectivity index (χ1n) is 8.48. The van der Waals surface area contributed by atoms with Crippen LogP contribution < -0.4 is 5.32 Å². The summed E-state index contributed by atoms with van der Waals surface area (Å²) in [7, 11) is 0. The molecular formula is C18H22FN3O. The van der Waals surface area contributed by atoms with Crippen molar-refractivity contribution in [3.63, 3.8) is 0 Å². The van der Waals surface area contributed by atoms with Gasteiger partial charge in [-0.3, -0.25) is 4.79 Å². The number of hydrogen-bond acceptors (Lipinski definition) is 2. The Morgan fingerprint density at radius 3 is 2.87 bits per heavy atom. The molecule has 2 aromatic rings. The Bertz CT molecular complexity index is 720. The molecule has 2 fully saturated rings. The molecule has 5 heteroatoms. The van der Waals surface area contributed by atoms with Gasteiger partial charge in [0, 0.05) is 42.0 Å². The van der Waals surface area contributed by atoms with Gasteiger partial charge >= 0.3 is 0 Å². The van der Waals surface area contributed by atoms with E-state index in [9.17, 15) is 9.18 Å². The Labute approximate surface area is 135 Å². The zero-order valence-corrected chi connectivity index (χ0v) is 13.1. The van der Waals surface area contributed by atoms with Gasteiger partial charge in [0.05, 0.1) is 0 Å². The Morgan fingerprint density at radius 1 is 1.22 bits per heavy atom. The molecule has 2 N–H and O–H groups in total. The molecule has 1 aromatic carbocycles. The van der Waals surface area contributed by atoms with Crippen molar-refractivity contribution in [3.05, 3.63) is 35.8 Å². The van der Waals surface area contributed by atoms with E-state index in [-0.39, 0.29) is 11.7 Å². The second kappa shape index (κ2) is 5.96. The molecule has 1 amide bonds.